The molecule has 1 aliphatic rings. The molecule has 1 heterocycles. The van der Waals surface area contributed by atoms with Crippen molar-refractivity contribution in [3.8, 4) is 5.75 Å². The quantitative estimate of drug-likeness (QED) is 0.604. The molecule has 2 aromatic rings. The van der Waals surface area contributed by atoms with Gasteiger partial charge in [0.25, 0.3) is 0 Å². The number of halogens is 2. The molecule has 4 nitrogen and oxygen atoms in total. The standard InChI is InChI=1S/C20H23Br2NO3/c1-13(19(25)14-2-4-18(24)5-3-14)23-8-6-20(26,7-9-23)15-10-16(21)12-17(22)11-15/h2-5,10-13,19,24-26H,6-9H2,1H3/t13-,19+/m0/s1. The van der Waals surface area contributed by atoms with Crippen molar-refractivity contribution in [3.05, 3.63) is 62.5 Å². The molecule has 0 aromatic heterocycles. The SMILES string of the molecule is C[C@@H]([C@@H](O)c1ccc(O)cc1)N1CCC(O)(c2cc(Br)cc(Br)c2)CC1. The van der Waals surface area contributed by atoms with E-state index in [1.807, 2.05) is 25.1 Å². The van der Waals surface area contributed by atoms with Crippen molar-refractivity contribution >= 4 is 31.9 Å². The van der Waals surface area contributed by atoms with Gasteiger partial charge in [0.2, 0.25) is 0 Å². The number of aromatic hydroxyl groups is 1. The van der Waals surface area contributed by atoms with Crippen molar-refractivity contribution in [1.82, 2.24) is 4.90 Å². The second-order valence-corrected chi connectivity index (χ2v) is 8.83. The maximum absolute atomic E-state index is 11.1. The molecule has 0 amide bonds. The predicted octanol–water partition coefficient (Wildman–Crippen LogP) is 4.32. The van der Waals surface area contributed by atoms with Crippen molar-refractivity contribution in [3.63, 3.8) is 0 Å². The van der Waals surface area contributed by atoms with Crippen LogP contribution in [0.5, 0.6) is 5.75 Å². The number of phenols is 1. The Morgan fingerprint density at radius 3 is 2.08 bits per heavy atom. The van der Waals surface area contributed by atoms with Crippen molar-refractivity contribution < 1.29 is 15.3 Å². The Bertz CT molecular complexity index is 738. The van der Waals surface area contributed by atoms with Gasteiger partial charge >= 0.3 is 0 Å². The van der Waals surface area contributed by atoms with Gasteiger partial charge in [-0.3, -0.25) is 4.90 Å². The van der Waals surface area contributed by atoms with Crippen LogP contribution in [0.15, 0.2) is 51.4 Å². The zero-order chi connectivity index (χ0) is 18.9. The molecule has 0 radical (unpaired) electrons. The third kappa shape index (κ3) is 4.31. The van der Waals surface area contributed by atoms with E-state index in [4.69, 9.17) is 0 Å². The fraction of sp³-hybridized carbons (Fsp3) is 0.400. The van der Waals surface area contributed by atoms with Crippen LogP contribution in [0.4, 0.5) is 0 Å². The fourth-order valence-electron chi connectivity index (χ4n) is 3.56. The van der Waals surface area contributed by atoms with Crippen LogP contribution in [0.2, 0.25) is 0 Å². The minimum Gasteiger partial charge on any atom is -0.508 e. The van der Waals surface area contributed by atoms with Gasteiger partial charge in [-0.2, -0.15) is 0 Å². The lowest BCUT2D eigenvalue weighted by Crippen LogP contribution is -2.47. The third-order valence-corrected chi connectivity index (χ3v) is 6.21. The predicted molar refractivity (Wildman–Crippen MR) is 109 cm³/mol. The van der Waals surface area contributed by atoms with Crippen LogP contribution in [0.3, 0.4) is 0 Å². The molecule has 1 fully saturated rings. The van der Waals surface area contributed by atoms with Gasteiger partial charge in [0, 0.05) is 28.1 Å². The number of aliphatic hydroxyl groups is 2. The molecule has 2 aromatic carbocycles. The van der Waals surface area contributed by atoms with E-state index in [1.165, 1.54) is 0 Å². The molecule has 26 heavy (non-hydrogen) atoms. The van der Waals surface area contributed by atoms with E-state index < -0.39 is 11.7 Å². The summed E-state index contributed by atoms with van der Waals surface area (Å²) in [5.41, 5.74) is 0.837. The maximum atomic E-state index is 11.1. The number of hydrogen-bond donors (Lipinski definition) is 3. The minimum absolute atomic E-state index is 0.0710. The van der Waals surface area contributed by atoms with E-state index in [1.54, 1.807) is 24.3 Å². The third-order valence-electron chi connectivity index (χ3n) is 5.29. The molecule has 0 spiro atoms. The van der Waals surface area contributed by atoms with E-state index in [2.05, 4.69) is 36.8 Å². The molecule has 1 aliphatic heterocycles. The Morgan fingerprint density at radius 2 is 1.54 bits per heavy atom. The summed E-state index contributed by atoms with van der Waals surface area (Å²) in [4.78, 5) is 2.21. The summed E-state index contributed by atoms with van der Waals surface area (Å²) in [6, 6.07) is 12.5. The first-order valence-electron chi connectivity index (χ1n) is 8.68. The molecule has 140 valence electrons. The Kier molecular flexibility index (Phi) is 6.09. The first kappa shape index (κ1) is 19.8. The molecule has 0 unspecified atom stereocenters. The molecule has 2 atom stereocenters. The van der Waals surface area contributed by atoms with E-state index in [0.717, 1.165) is 20.1 Å². The van der Waals surface area contributed by atoms with Crippen LogP contribution >= 0.6 is 31.9 Å². The van der Waals surface area contributed by atoms with Gasteiger partial charge in [-0.25, -0.2) is 0 Å². The molecular formula is C20H23Br2NO3. The van der Waals surface area contributed by atoms with Crippen LogP contribution in [-0.4, -0.2) is 39.4 Å². The first-order valence-corrected chi connectivity index (χ1v) is 10.3. The van der Waals surface area contributed by atoms with Crippen LogP contribution in [0.1, 0.15) is 37.0 Å². The zero-order valence-electron chi connectivity index (χ0n) is 14.6. The normalized spacial score (nSPS) is 19.9. The number of phenolic OH excluding ortho intramolecular Hbond substituents is 1. The number of nitrogens with zero attached hydrogens (tertiary/aromatic N) is 1. The zero-order valence-corrected chi connectivity index (χ0v) is 17.7. The van der Waals surface area contributed by atoms with Gasteiger partial charge in [0.15, 0.2) is 0 Å². The van der Waals surface area contributed by atoms with E-state index in [-0.39, 0.29) is 11.8 Å². The van der Waals surface area contributed by atoms with Gasteiger partial charge in [0.1, 0.15) is 5.75 Å². The molecule has 0 aliphatic carbocycles. The number of rotatable bonds is 4. The van der Waals surface area contributed by atoms with E-state index in [0.29, 0.717) is 25.9 Å². The highest BCUT2D eigenvalue weighted by molar-refractivity contribution is 9.11. The number of piperidine rings is 1. The van der Waals surface area contributed by atoms with Crippen LogP contribution in [0, 0.1) is 0 Å². The lowest BCUT2D eigenvalue weighted by molar-refractivity contribution is -0.0502. The highest BCUT2D eigenvalue weighted by Gasteiger charge is 2.37. The van der Waals surface area contributed by atoms with Gasteiger partial charge < -0.3 is 15.3 Å². The van der Waals surface area contributed by atoms with E-state index in [9.17, 15) is 15.3 Å². The molecule has 3 N–H and O–H groups in total. The minimum atomic E-state index is -0.855. The van der Waals surface area contributed by atoms with Crippen LogP contribution < -0.4 is 0 Å². The van der Waals surface area contributed by atoms with Gasteiger partial charge in [-0.1, -0.05) is 44.0 Å². The Balaban J connectivity index is 1.68. The highest BCUT2D eigenvalue weighted by Crippen LogP contribution is 2.37. The summed E-state index contributed by atoms with van der Waals surface area (Å²) in [5, 5.41) is 31.2. The van der Waals surface area contributed by atoms with Crippen molar-refractivity contribution in [2.24, 2.45) is 0 Å². The number of hydrogen-bond acceptors (Lipinski definition) is 4. The fourth-order valence-corrected chi connectivity index (χ4v) is 4.86. The monoisotopic (exact) mass is 483 g/mol. The Labute approximate surface area is 170 Å². The second kappa shape index (κ2) is 7.98. The summed E-state index contributed by atoms with van der Waals surface area (Å²) in [7, 11) is 0. The number of aliphatic hydroxyl groups excluding tert-OH is 1. The van der Waals surface area contributed by atoms with Gasteiger partial charge in [-0.05, 0) is 61.2 Å². The van der Waals surface area contributed by atoms with Gasteiger partial charge in [0.05, 0.1) is 11.7 Å². The summed E-state index contributed by atoms with van der Waals surface area (Å²) < 4.78 is 1.88. The number of likely N-dealkylation sites (tertiary alicyclic amines) is 1. The topological polar surface area (TPSA) is 63.9 Å². The maximum Gasteiger partial charge on any atom is 0.115 e. The largest absolute Gasteiger partial charge is 0.508 e. The lowest BCUT2D eigenvalue weighted by atomic mass is 9.83. The molecule has 0 saturated carbocycles. The summed E-state index contributed by atoms with van der Waals surface area (Å²) in [6.45, 7) is 3.41. The first-order chi connectivity index (χ1) is 12.3. The average molecular weight is 485 g/mol. The summed E-state index contributed by atoms with van der Waals surface area (Å²) in [5.74, 6) is 0.192. The highest BCUT2D eigenvalue weighted by atomic mass is 79.9. The number of benzene rings is 2. The molecular weight excluding hydrogens is 462 g/mol. The Morgan fingerprint density at radius 1 is 1.00 bits per heavy atom. The molecule has 6 heteroatoms. The van der Waals surface area contributed by atoms with Crippen molar-refractivity contribution in [2.45, 2.75) is 37.5 Å². The molecule has 1 saturated heterocycles. The van der Waals surface area contributed by atoms with Crippen molar-refractivity contribution in [2.75, 3.05) is 13.1 Å². The van der Waals surface area contributed by atoms with Crippen molar-refractivity contribution in [1.29, 1.82) is 0 Å². The lowest BCUT2D eigenvalue weighted by Gasteiger charge is -2.42. The van der Waals surface area contributed by atoms with Crippen LogP contribution in [-0.2, 0) is 5.60 Å². The summed E-state index contributed by atoms with van der Waals surface area (Å²) >= 11 is 6.97. The molecule has 3 rings (SSSR count). The smallest absolute Gasteiger partial charge is 0.115 e. The van der Waals surface area contributed by atoms with Gasteiger partial charge in [-0.15, -0.1) is 0 Å². The Hall–Kier alpha value is -0.920. The molecule has 0 bridgehead atoms. The van der Waals surface area contributed by atoms with Crippen LogP contribution in [0.25, 0.3) is 0 Å². The van der Waals surface area contributed by atoms with E-state index >= 15 is 0 Å². The second-order valence-electron chi connectivity index (χ2n) is 7.00. The summed E-state index contributed by atoms with van der Waals surface area (Å²) in [6.07, 6.45) is 0.590. The average Bonchev–Trinajstić information content (AvgIpc) is 2.61.